The second-order valence-corrected chi connectivity index (χ2v) is 7.26. The first-order valence-electron chi connectivity index (χ1n) is 8.80. The Hall–Kier alpha value is -2.66. The van der Waals surface area contributed by atoms with Crippen molar-refractivity contribution in [1.29, 1.82) is 0 Å². The molecular formula is C21H24N3O2+. The SMILES string of the molecule is CN(/N=C/C1=[N+](C)c2ccccc2C1(C)C)c1ccc2c(c1)OCOC2. The molecule has 0 radical (unpaired) electrons. The van der Waals surface area contributed by atoms with Gasteiger partial charge in [0.2, 0.25) is 11.4 Å². The van der Waals surface area contributed by atoms with Crippen molar-refractivity contribution in [2.45, 2.75) is 25.9 Å². The van der Waals surface area contributed by atoms with Crippen molar-refractivity contribution >= 4 is 23.3 Å². The largest absolute Gasteiger partial charge is 0.467 e. The minimum atomic E-state index is -0.0774. The molecule has 26 heavy (non-hydrogen) atoms. The summed E-state index contributed by atoms with van der Waals surface area (Å²) in [5.41, 5.74) is 5.72. The van der Waals surface area contributed by atoms with E-state index in [9.17, 15) is 0 Å². The quantitative estimate of drug-likeness (QED) is 0.481. The van der Waals surface area contributed by atoms with Crippen molar-refractivity contribution < 1.29 is 14.0 Å². The summed E-state index contributed by atoms with van der Waals surface area (Å²) >= 11 is 0. The van der Waals surface area contributed by atoms with Gasteiger partial charge < -0.3 is 9.47 Å². The number of ether oxygens (including phenoxy) is 2. The number of fused-ring (bicyclic) bond motifs is 2. The molecule has 2 aliphatic heterocycles. The van der Waals surface area contributed by atoms with Gasteiger partial charge in [0, 0.05) is 30.3 Å². The van der Waals surface area contributed by atoms with E-state index in [1.807, 2.05) is 36.5 Å². The van der Waals surface area contributed by atoms with Gasteiger partial charge in [-0.05, 0) is 19.9 Å². The lowest BCUT2D eigenvalue weighted by Gasteiger charge is -2.20. The van der Waals surface area contributed by atoms with Crippen molar-refractivity contribution in [2.75, 3.05) is 25.9 Å². The molecule has 134 valence electrons. The number of nitrogens with zero attached hydrogens (tertiary/aromatic N) is 3. The van der Waals surface area contributed by atoms with Crippen LogP contribution < -0.4 is 9.75 Å². The molecule has 2 heterocycles. The molecule has 0 atom stereocenters. The third-order valence-electron chi connectivity index (χ3n) is 5.27. The molecule has 0 unspecified atom stereocenters. The summed E-state index contributed by atoms with van der Waals surface area (Å²) in [6.45, 7) is 5.38. The van der Waals surface area contributed by atoms with E-state index in [2.05, 4.69) is 49.7 Å². The van der Waals surface area contributed by atoms with Gasteiger partial charge in [0.25, 0.3) is 0 Å². The lowest BCUT2D eigenvalue weighted by atomic mass is 9.82. The molecule has 5 heteroatoms. The van der Waals surface area contributed by atoms with E-state index in [0.29, 0.717) is 13.4 Å². The van der Waals surface area contributed by atoms with Crippen LogP contribution in [0.3, 0.4) is 0 Å². The fourth-order valence-corrected chi connectivity index (χ4v) is 3.69. The molecule has 2 aromatic carbocycles. The zero-order valence-corrected chi connectivity index (χ0v) is 15.7. The summed E-state index contributed by atoms with van der Waals surface area (Å²) in [6, 6.07) is 14.6. The summed E-state index contributed by atoms with van der Waals surface area (Å²) in [5.74, 6) is 0.870. The number of benzene rings is 2. The van der Waals surface area contributed by atoms with Crippen molar-refractivity contribution in [3.8, 4) is 5.75 Å². The maximum atomic E-state index is 5.57. The van der Waals surface area contributed by atoms with Gasteiger partial charge in [-0.15, -0.1) is 0 Å². The molecule has 4 rings (SSSR count). The molecule has 5 nitrogen and oxygen atoms in total. The number of para-hydroxylation sites is 1. The monoisotopic (exact) mass is 350 g/mol. The third kappa shape index (κ3) is 2.69. The number of hydrogen-bond donors (Lipinski definition) is 0. The first-order valence-corrected chi connectivity index (χ1v) is 8.80. The average Bonchev–Trinajstić information content (AvgIpc) is 2.86. The zero-order valence-electron chi connectivity index (χ0n) is 15.7. The second-order valence-electron chi connectivity index (χ2n) is 7.26. The maximum absolute atomic E-state index is 5.57. The fourth-order valence-electron chi connectivity index (χ4n) is 3.69. The van der Waals surface area contributed by atoms with Gasteiger partial charge in [-0.2, -0.15) is 9.68 Å². The number of hydrogen-bond acceptors (Lipinski definition) is 4. The summed E-state index contributed by atoms with van der Waals surface area (Å²) in [5, 5.41) is 6.57. The molecule has 2 aromatic rings. The first-order chi connectivity index (χ1) is 12.5. The highest BCUT2D eigenvalue weighted by Crippen LogP contribution is 2.38. The van der Waals surface area contributed by atoms with Crippen molar-refractivity contribution in [3.63, 3.8) is 0 Å². The van der Waals surface area contributed by atoms with E-state index in [1.54, 1.807) is 0 Å². The van der Waals surface area contributed by atoms with E-state index >= 15 is 0 Å². The van der Waals surface area contributed by atoms with Crippen LogP contribution in [-0.4, -0.2) is 37.4 Å². The number of hydrazone groups is 1. The van der Waals surface area contributed by atoms with Gasteiger partial charge in [0.05, 0.1) is 17.7 Å². The highest BCUT2D eigenvalue weighted by molar-refractivity contribution is 6.33. The summed E-state index contributed by atoms with van der Waals surface area (Å²) in [4.78, 5) is 0. The zero-order chi connectivity index (χ0) is 18.3. The Balaban J connectivity index is 1.61. The normalized spacial score (nSPS) is 17.8. The molecule has 0 amide bonds. The minimum absolute atomic E-state index is 0.0774. The van der Waals surface area contributed by atoms with Gasteiger partial charge in [0.15, 0.2) is 6.79 Å². The van der Waals surface area contributed by atoms with Crippen LogP contribution in [0.4, 0.5) is 11.4 Å². The lowest BCUT2D eigenvalue weighted by molar-refractivity contribution is -0.400. The topological polar surface area (TPSA) is 37.1 Å². The maximum Gasteiger partial charge on any atom is 0.212 e. The van der Waals surface area contributed by atoms with E-state index in [-0.39, 0.29) is 5.41 Å². The predicted octanol–water partition coefficient (Wildman–Crippen LogP) is 3.68. The predicted molar refractivity (Wildman–Crippen MR) is 104 cm³/mol. The van der Waals surface area contributed by atoms with Crippen molar-refractivity contribution in [1.82, 2.24) is 0 Å². The molecule has 0 aromatic heterocycles. The summed E-state index contributed by atoms with van der Waals surface area (Å²) < 4.78 is 13.1. The van der Waals surface area contributed by atoms with E-state index in [4.69, 9.17) is 14.6 Å². The van der Waals surface area contributed by atoms with Crippen LogP contribution in [-0.2, 0) is 16.8 Å². The summed E-state index contributed by atoms with van der Waals surface area (Å²) in [6.07, 6.45) is 1.96. The van der Waals surface area contributed by atoms with Crippen molar-refractivity contribution in [2.24, 2.45) is 5.10 Å². The standard InChI is InChI=1S/C21H24N3O2/c1-21(2)17-7-5-6-8-18(17)23(3)20(21)12-22-24(4)16-10-9-15-13-25-14-26-19(15)11-16/h5-12H,13-14H2,1-4H3/q+1. The van der Waals surface area contributed by atoms with Crippen molar-refractivity contribution in [3.05, 3.63) is 53.6 Å². The minimum Gasteiger partial charge on any atom is -0.467 e. The Kier molecular flexibility index (Phi) is 4.04. The Morgan fingerprint density at radius 2 is 2.00 bits per heavy atom. The number of anilines is 1. The number of rotatable bonds is 3. The van der Waals surface area contributed by atoms with E-state index in [1.165, 1.54) is 17.0 Å². The second kappa shape index (κ2) is 6.25. The van der Waals surface area contributed by atoms with Crippen LogP contribution >= 0.6 is 0 Å². The average molecular weight is 350 g/mol. The molecule has 0 aliphatic carbocycles. The van der Waals surface area contributed by atoms with Gasteiger partial charge >= 0.3 is 0 Å². The molecule has 0 bridgehead atoms. The van der Waals surface area contributed by atoms with Crippen LogP contribution in [0.1, 0.15) is 25.0 Å². The highest BCUT2D eigenvalue weighted by atomic mass is 16.7. The molecule has 0 saturated carbocycles. The Bertz CT molecular complexity index is 915. The van der Waals surface area contributed by atoms with E-state index < -0.39 is 0 Å². The van der Waals surface area contributed by atoms with Gasteiger partial charge in [0.1, 0.15) is 19.0 Å². The fraction of sp³-hybridized carbons (Fsp3) is 0.333. The van der Waals surface area contributed by atoms with Crippen LogP contribution in [0.2, 0.25) is 0 Å². The summed E-state index contributed by atoms with van der Waals surface area (Å²) in [7, 11) is 4.05. The molecule has 0 spiro atoms. The van der Waals surface area contributed by atoms with Crippen LogP contribution in [0.25, 0.3) is 0 Å². The lowest BCUT2D eigenvalue weighted by Crippen LogP contribution is -2.30. The Labute approximate surface area is 154 Å². The van der Waals surface area contributed by atoms with Gasteiger partial charge in [-0.25, -0.2) is 0 Å². The van der Waals surface area contributed by atoms with Crippen LogP contribution in [0.15, 0.2) is 47.6 Å². The highest BCUT2D eigenvalue weighted by Gasteiger charge is 2.43. The molecular weight excluding hydrogens is 326 g/mol. The molecule has 0 fully saturated rings. The van der Waals surface area contributed by atoms with Crippen LogP contribution in [0, 0.1) is 0 Å². The molecule has 0 N–H and O–H groups in total. The Morgan fingerprint density at radius 3 is 2.81 bits per heavy atom. The molecule has 0 saturated heterocycles. The van der Waals surface area contributed by atoms with Gasteiger partial charge in [-0.3, -0.25) is 5.01 Å². The smallest absolute Gasteiger partial charge is 0.212 e. The van der Waals surface area contributed by atoms with Crippen LogP contribution in [0.5, 0.6) is 5.75 Å². The first kappa shape index (κ1) is 16.8. The van der Waals surface area contributed by atoms with E-state index in [0.717, 1.165) is 17.0 Å². The molecule has 2 aliphatic rings. The Morgan fingerprint density at radius 1 is 1.19 bits per heavy atom. The van der Waals surface area contributed by atoms with Gasteiger partial charge in [-0.1, -0.05) is 24.3 Å². The third-order valence-corrected chi connectivity index (χ3v) is 5.27.